The molecule has 0 aromatic carbocycles. The summed E-state index contributed by atoms with van der Waals surface area (Å²) < 4.78 is 0. The molecule has 0 atom stereocenters. The van der Waals surface area contributed by atoms with Gasteiger partial charge in [0.1, 0.15) is 17.0 Å². The molecule has 0 aliphatic carbocycles. The summed E-state index contributed by atoms with van der Waals surface area (Å²) in [5.74, 6) is 1.13. The van der Waals surface area contributed by atoms with E-state index in [2.05, 4.69) is 38.1 Å². The van der Waals surface area contributed by atoms with Crippen LogP contribution in [0.2, 0.25) is 0 Å². The van der Waals surface area contributed by atoms with E-state index >= 15 is 0 Å². The molecule has 5 nitrogen and oxygen atoms in total. The van der Waals surface area contributed by atoms with Crippen molar-refractivity contribution in [1.29, 1.82) is 0 Å². The number of hydrogen-bond acceptors (Lipinski definition) is 6. The zero-order valence-electron chi connectivity index (χ0n) is 12.4. The van der Waals surface area contributed by atoms with Gasteiger partial charge in [-0.1, -0.05) is 6.92 Å². The van der Waals surface area contributed by atoms with E-state index in [4.69, 9.17) is 0 Å². The summed E-state index contributed by atoms with van der Waals surface area (Å²) in [4.78, 5) is 16.6. The van der Waals surface area contributed by atoms with Gasteiger partial charge in [-0.05, 0) is 12.5 Å². The van der Waals surface area contributed by atoms with Crippen molar-refractivity contribution in [1.82, 2.24) is 20.2 Å². The standard InChI is InChI=1S/C15H21N5S/c1-2-12-7-13-14(17-10-18-15(13)21-12)20-5-3-19(4-6-20)11-8-16-9-11/h7,10-11,16H,2-6,8-9H2,1H3. The molecule has 0 radical (unpaired) electrons. The number of anilines is 1. The maximum atomic E-state index is 4.57. The lowest BCUT2D eigenvalue weighted by Crippen LogP contribution is -2.61. The maximum Gasteiger partial charge on any atom is 0.140 e. The first-order chi connectivity index (χ1) is 10.3. The highest BCUT2D eigenvalue weighted by atomic mass is 32.1. The van der Waals surface area contributed by atoms with E-state index in [-0.39, 0.29) is 0 Å². The zero-order valence-corrected chi connectivity index (χ0v) is 13.2. The van der Waals surface area contributed by atoms with Crippen LogP contribution in [0.5, 0.6) is 0 Å². The Morgan fingerprint density at radius 3 is 2.71 bits per heavy atom. The van der Waals surface area contributed by atoms with Gasteiger partial charge in [-0.25, -0.2) is 9.97 Å². The van der Waals surface area contributed by atoms with Crippen LogP contribution in [0, 0.1) is 0 Å². The number of piperazine rings is 1. The number of rotatable bonds is 3. The zero-order chi connectivity index (χ0) is 14.2. The van der Waals surface area contributed by atoms with Crippen molar-refractivity contribution >= 4 is 27.4 Å². The molecule has 2 fully saturated rings. The number of aromatic nitrogens is 2. The molecule has 2 aliphatic rings. The third kappa shape index (κ3) is 2.41. The molecule has 0 bridgehead atoms. The molecule has 0 amide bonds. The molecule has 2 aromatic rings. The average molecular weight is 303 g/mol. The molecular weight excluding hydrogens is 282 g/mol. The molecule has 2 aromatic heterocycles. The van der Waals surface area contributed by atoms with Gasteiger partial charge in [-0.15, -0.1) is 11.3 Å². The van der Waals surface area contributed by atoms with E-state index in [1.54, 1.807) is 17.7 Å². The topological polar surface area (TPSA) is 44.3 Å². The van der Waals surface area contributed by atoms with Crippen molar-refractivity contribution in [3.8, 4) is 0 Å². The molecule has 0 unspecified atom stereocenters. The Morgan fingerprint density at radius 2 is 2.05 bits per heavy atom. The summed E-state index contributed by atoms with van der Waals surface area (Å²) in [6, 6.07) is 3.03. The quantitative estimate of drug-likeness (QED) is 0.927. The SMILES string of the molecule is CCc1cc2c(N3CCN(C4CNC4)CC3)ncnc2s1. The lowest BCUT2D eigenvalue weighted by atomic mass is 10.1. The highest BCUT2D eigenvalue weighted by molar-refractivity contribution is 7.18. The smallest absolute Gasteiger partial charge is 0.140 e. The number of aryl methyl sites for hydroxylation is 1. The second-order valence-corrected chi connectivity index (χ2v) is 6.93. The van der Waals surface area contributed by atoms with Crippen molar-refractivity contribution in [2.75, 3.05) is 44.2 Å². The molecule has 2 saturated heterocycles. The van der Waals surface area contributed by atoms with Crippen molar-refractivity contribution < 1.29 is 0 Å². The minimum atomic E-state index is 0.755. The van der Waals surface area contributed by atoms with Gasteiger partial charge in [-0.3, -0.25) is 4.90 Å². The second kappa shape index (κ2) is 5.51. The van der Waals surface area contributed by atoms with Crippen molar-refractivity contribution in [3.05, 3.63) is 17.3 Å². The summed E-state index contributed by atoms with van der Waals surface area (Å²) in [5.41, 5.74) is 0. The van der Waals surface area contributed by atoms with E-state index in [0.717, 1.165) is 62.4 Å². The summed E-state index contributed by atoms with van der Waals surface area (Å²) >= 11 is 1.80. The number of hydrogen-bond donors (Lipinski definition) is 1. The number of thiophene rings is 1. The van der Waals surface area contributed by atoms with Gasteiger partial charge >= 0.3 is 0 Å². The number of nitrogens with one attached hydrogen (secondary N) is 1. The van der Waals surface area contributed by atoms with Crippen molar-refractivity contribution in [2.24, 2.45) is 0 Å². The van der Waals surface area contributed by atoms with Crippen LogP contribution in [0.4, 0.5) is 5.82 Å². The largest absolute Gasteiger partial charge is 0.353 e. The molecule has 1 N–H and O–H groups in total. The highest BCUT2D eigenvalue weighted by Gasteiger charge is 2.28. The van der Waals surface area contributed by atoms with Gasteiger partial charge < -0.3 is 10.2 Å². The van der Waals surface area contributed by atoms with E-state index in [1.165, 1.54) is 10.3 Å². The van der Waals surface area contributed by atoms with Gasteiger partial charge in [0.15, 0.2) is 0 Å². The van der Waals surface area contributed by atoms with Crippen LogP contribution in [0.25, 0.3) is 10.2 Å². The summed E-state index contributed by atoms with van der Waals surface area (Å²) in [5, 5.41) is 4.59. The Kier molecular flexibility index (Phi) is 3.52. The van der Waals surface area contributed by atoms with Crippen LogP contribution in [0.1, 0.15) is 11.8 Å². The Labute approximate surface area is 129 Å². The fourth-order valence-corrected chi connectivity index (χ4v) is 4.08. The van der Waals surface area contributed by atoms with E-state index in [9.17, 15) is 0 Å². The lowest BCUT2D eigenvalue weighted by molar-refractivity contribution is 0.138. The Bertz CT molecular complexity index is 628. The second-order valence-electron chi connectivity index (χ2n) is 5.82. The van der Waals surface area contributed by atoms with E-state index < -0.39 is 0 Å². The lowest BCUT2D eigenvalue weighted by Gasteiger charge is -2.43. The van der Waals surface area contributed by atoms with Crippen LogP contribution in [-0.2, 0) is 6.42 Å². The molecular formula is C15H21N5S. The minimum absolute atomic E-state index is 0.755. The van der Waals surface area contributed by atoms with Crippen LogP contribution < -0.4 is 10.2 Å². The molecule has 0 spiro atoms. The first-order valence-electron chi connectivity index (χ1n) is 7.78. The maximum absolute atomic E-state index is 4.57. The van der Waals surface area contributed by atoms with Crippen molar-refractivity contribution in [3.63, 3.8) is 0 Å². The fraction of sp³-hybridized carbons (Fsp3) is 0.600. The van der Waals surface area contributed by atoms with Crippen molar-refractivity contribution in [2.45, 2.75) is 19.4 Å². The first kappa shape index (κ1) is 13.4. The average Bonchev–Trinajstić information content (AvgIpc) is 2.89. The highest BCUT2D eigenvalue weighted by Crippen LogP contribution is 2.31. The fourth-order valence-electron chi connectivity index (χ4n) is 3.15. The van der Waals surface area contributed by atoms with Crippen LogP contribution >= 0.6 is 11.3 Å². The molecule has 6 heteroatoms. The molecule has 21 heavy (non-hydrogen) atoms. The van der Waals surface area contributed by atoms with Gasteiger partial charge in [0.25, 0.3) is 0 Å². The Morgan fingerprint density at radius 1 is 1.24 bits per heavy atom. The summed E-state index contributed by atoms with van der Waals surface area (Å²) in [6.07, 6.45) is 2.79. The predicted molar refractivity (Wildman–Crippen MR) is 87.2 cm³/mol. The predicted octanol–water partition coefficient (Wildman–Crippen LogP) is 1.35. The Balaban J connectivity index is 1.55. The monoisotopic (exact) mass is 303 g/mol. The van der Waals surface area contributed by atoms with E-state index in [0.29, 0.717) is 0 Å². The van der Waals surface area contributed by atoms with Crippen LogP contribution in [0.15, 0.2) is 12.4 Å². The summed E-state index contributed by atoms with van der Waals surface area (Å²) in [6.45, 7) is 8.93. The Hall–Kier alpha value is -1.24. The molecule has 112 valence electrons. The summed E-state index contributed by atoms with van der Waals surface area (Å²) in [7, 11) is 0. The van der Waals surface area contributed by atoms with Crippen LogP contribution in [0.3, 0.4) is 0 Å². The molecule has 0 saturated carbocycles. The molecule has 4 rings (SSSR count). The third-order valence-electron chi connectivity index (χ3n) is 4.60. The van der Waals surface area contributed by atoms with Gasteiger partial charge in [0.05, 0.1) is 5.39 Å². The third-order valence-corrected chi connectivity index (χ3v) is 5.79. The molecule has 4 heterocycles. The van der Waals surface area contributed by atoms with Gasteiger partial charge in [0, 0.05) is 50.2 Å². The van der Waals surface area contributed by atoms with Gasteiger partial charge in [0.2, 0.25) is 0 Å². The number of fused-ring (bicyclic) bond motifs is 1. The number of nitrogens with zero attached hydrogens (tertiary/aromatic N) is 4. The van der Waals surface area contributed by atoms with E-state index in [1.807, 2.05) is 0 Å². The van der Waals surface area contributed by atoms with Crippen LogP contribution in [-0.4, -0.2) is 60.2 Å². The molecule has 2 aliphatic heterocycles. The minimum Gasteiger partial charge on any atom is -0.353 e. The van der Waals surface area contributed by atoms with Gasteiger partial charge in [-0.2, -0.15) is 0 Å². The normalized spacial score (nSPS) is 20.9. The first-order valence-corrected chi connectivity index (χ1v) is 8.60.